The molecule has 1 heterocycles. The SMILES string of the molecule is CCNC(=NCc1ccc(OC)cc1)NCCCN1CCCN(C)CC1. The van der Waals surface area contributed by atoms with E-state index in [0.29, 0.717) is 6.54 Å². The van der Waals surface area contributed by atoms with Crippen molar-refractivity contribution in [2.75, 3.05) is 60.0 Å². The van der Waals surface area contributed by atoms with Gasteiger partial charge < -0.3 is 25.2 Å². The second kappa shape index (κ2) is 11.8. The number of ether oxygens (including phenoxy) is 1. The van der Waals surface area contributed by atoms with Gasteiger partial charge in [-0.3, -0.25) is 0 Å². The molecule has 1 aliphatic heterocycles. The summed E-state index contributed by atoms with van der Waals surface area (Å²) in [5, 5.41) is 6.78. The van der Waals surface area contributed by atoms with Gasteiger partial charge in [0.05, 0.1) is 13.7 Å². The maximum Gasteiger partial charge on any atom is 0.191 e. The molecule has 6 nitrogen and oxygen atoms in total. The van der Waals surface area contributed by atoms with Crippen LogP contribution in [0.3, 0.4) is 0 Å². The predicted molar refractivity (Wildman–Crippen MR) is 109 cm³/mol. The molecule has 2 rings (SSSR count). The Bertz CT molecular complexity index is 532. The van der Waals surface area contributed by atoms with Crippen molar-refractivity contribution >= 4 is 5.96 Å². The number of rotatable bonds is 8. The third kappa shape index (κ3) is 7.62. The Kier molecular flexibility index (Phi) is 9.28. The molecule has 0 saturated carbocycles. The summed E-state index contributed by atoms with van der Waals surface area (Å²) in [4.78, 5) is 9.68. The van der Waals surface area contributed by atoms with E-state index >= 15 is 0 Å². The average molecular weight is 362 g/mol. The molecule has 1 aromatic rings. The normalized spacial score (nSPS) is 17.0. The molecule has 0 spiro atoms. The van der Waals surface area contributed by atoms with Crippen molar-refractivity contribution in [2.24, 2.45) is 4.99 Å². The number of hydrogen-bond donors (Lipinski definition) is 2. The van der Waals surface area contributed by atoms with Crippen LogP contribution in [0.4, 0.5) is 0 Å². The van der Waals surface area contributed by atoms with Crippen LogP contribution in [0.1, 0.15) is 25.3 Å². The number of nitrogens with zero attached hydrogens (tertiary/aromatic N) is 3. The molecule has 0 aliphatic carbocycles. The number of likely N-dealkylation sites (N-methyl/N-ethyl adjacent to an activating group) is 1. The molecule has 26 heavy (non-hydrogen) atoms. The monoisotopic (exact) mass is 361 g/mol. The highest BCUT2D eigenvalue weighted by molar-refractivity contribution is 5.79. The zero-order valence-electron chi connectivity index (χ0n) is 16.6. The summed E-state index contributed by atoms with van der Waals surface area (Å²) in [5.41, 5.74) is 1.18. The Morgan fingerprint density at radius 1 is 1.12 bits per heavy atom. The first-order valence-corrected chi connectivity index (χ1v) is 9.77. The molecule has 1 fully saturated rings. The molecule has 1 aromatic carbocycles. The number of aliphatic imine (C=N–C) groups is 1. The lowest BCUT2D eigenvalue weighted by Gasteiger charge is -2.20. The molecule has 1 saturated heterocycles. The van der Waals surface area contributed by atoms with Gasteiger partial charge in [-0.15, -0.1) is 0 Å². The van der Waals surface area contributed by atoms with Crippen LogP contribution >= 0.6 is 0 Å². The lowest BCUT2D eigenvalue weighted by Crippen LogP contribution is -2.39. The van der Waals surface area contributed by atoms with Crippen LogP contribution in [-0.4, -0.2) is 75.7 Å². The maximum absolute atomic E-state index is 5.20. The van der Waals surface area contributed by atoms with Gasteiger partial charge in [0.15, 0.2) is 5.96 Å². The first-order chi connectivity index (χ1) is 12.7. The van der Waals surface area contributed by atoms with Gasteiger partial charge in [0.1, 0.15) is 5.75 Å². The summed E-state index contributed by atoms with van der Waals surface area (Å²) in [6, 6.07) is 8.07. The molecule has 0 atom stereocenters. The van der Waals surface area contributed by atoms with Crippen molar-refractivity contribution in [3.8, 4) is 5.75 Å². The second-order valence-electron chi connectivity index (χ2n) is 6.82. The van der Waals surface area contributed by atoms with E-state index in [1.807, 2.05) is 12.1 Å². The maximum atomic E-state index is 5.20. The van der Waals surface area contributed by atoms with Crippen molar-refractivity contribution in [1.29, 1.82) is 0 Å². The van der Waals surface area contributed by atoms with Gasteiger partial charge in [0.25, 0.3) is 0 Å². The van der Waals surface area contributed by atoms with Crippen molar-refractivity contribution in [3.05, 3.63) is 29.8 Å². The number of benzene rings is 1. The van der Waals surface area contributed by atoms with Crippen LogP contribution in [0.25, 0.3) is 0 Å². The standard InChI is InChI=1S/C20H35N5O/c1-4-21-20(23-17-18-7-9-19(26-3)10-8-18)22-11-5-13-25-14-6-12-24(2)15-16-25/h7-10H,4-6,11-17H2,1-3H3,(H2,21,22,23). The van der Waals surface area contributed by atoms with Crippen LogP contribution < -0.4 is 15.4 Å². The Labute approximate surface area is 158 Å². The number of nitrogens with one attached hydrogen (secondary N) is 2. The molecular weight excluding hydrogens is 326 g/mol. The lowest BCUT2D eigenvalue weighted by atomic mass is 10.2. The summed E-state index contributed by atoms with van der Waals surface area (Å²) in [5.74, 6) is 1.77. The number of hydrogen-bond acceptors (Lipinski definition) is 4. The van der Waals surface area contributed by atoms with E-state index < -0.39 is 0 Å². The molecule has 0 aromatic heterocycles. The topological polar surface area (TPSA) is 52.1 Å². The zero-order valence-corrected chi connectivity index (χ0v) is 16.6. The number of methoxy groups -OCH3 is 1. The highest BCUT2D eigenvalue weighted by Gasteiger charge is 2.11. The third-order valence-corrected chi connectivity index (χ3v) is 4.68. The van der Waals surface area contributed by atoms with Crippen molar-refractivity contribution in [3.63, 3.8) is 0 Å². The molecule has 146 valence electrons. The first kappa shape index (κ1) is 20.5. The van der Waals surface area contributed by atoms with Crippen LogP contribution in [0, 0.1) is 0 Å². The van der Waals surface area contributed by atoms with E-state index in [-0.39, 0.29) is 0 Å². The quantitative estimate of drug-likeness (QED) is 0.420. The minimum Gasteiger partial charge on any atom is -0.497 e. The van der Waals surface area contributed by atoms with Gasteiger partial charge in [-0.05, 0) is 64.1 Å². The van der Waals surface area contributed by atoms with Crippen LogP contribution in [0.15, 0.2) is 29.3 Å². The largest absolute Gasteiger partial charge is 0.497 e. The van der Waals surface area contributed by atoms with Gasteiger partial charge in [-0.2, -0.15) is 0 Å². The molecule has 0 unspecified atom stereocenters. The Morgan fingerprint density at radius 3 is 2.65 bits per heavy atom. The molecule has 1 aliphatic rings. The van der Waals surface area contributed by atoms with Gasteiger partial charge in [-0.1, -0.05) is 12.1 Å². The molecule has 0 bridgehead atoms. The van der Waals surface area contributed by atoms with Crippen molar-refractivity contribution in [2.45, 2.75) is 26.3 Å². The fourth-order valence-corrected chi connectivity index (χ4v) is 3.08. The summed E-state index contributed by atoms with van der Waals surface area (Å²) in [6.07, 6.45) is 2.41. The highest BCUT2D eigenvalue weighted by atomic mass is 16.5. The van der Waals surface area contributed by atoms with Gasteiger partial charge in [-0.25, -0.2) is 4.99 Å². The van der Waals surface area contributed by atoms with Crippen LogP contribution in [-0.2, 0) is 6.54 Å². The Hall–Kier alpha value is -1.79. The smallest absolute Gasteiger partial charge is 0.191 e. The fourth-order valence-electron chi connectivity index (χ4n) is 3.08. The lowest BCUT2D eigenvalue weighted by molar-refractivity contribution is 0.274. The Balaban J connectivity index is 1.72. The molecule has 0 radical (unpaired) electrons. The highest BCUT2D eigenvalue weighted by Crippen LogP contribution is 2.11. The van der Waals surface area contributed by atoms with E-state index in [4.69, 9.17) is 4.74 Å². The molecular formula is C20H35N5O. The number of guanidine groups is 1. The molecule has 2 N–H and O–H groups in total. The second-order valence-corrected chi connectivity index (χ2v) is 6.82. The molecule has 0 amide bonds. The van der Waals surface area contributed by atoms with E-state index in [2.05, 4.69) is 51.5 Å². The van der Waals surface area contributed by atoms with Crippen molar-refractivity contribution in [1.82, 2.24) is 20.4 Å². The van der Waals surface area contributed by atoms with E-state index in [1.54, 1.807) is 7.11 Å². The first-order valence-electron chi connectivity index (χ1n) is 9.77. The predicted octanol–water partition coefficient (Wildman–Crippen LogP) is 1.78. The van der Waals surface area contributed by atoms with E-state index in [0.717, 1.165) is 37.8 Å². The van der Waals surface area contributed by atoms with Gasteiger partial charge in [0.2, 0.25) is 0 Å². The van der Waals surface area contributed by atoms with Gasteiger partial charge in [0, 0.05) is 26.2 Å². The summed E-state index contributed by atoms with van der Waals surface area (Å²) < 4.78 is 5.20. The Morgan fingerprint density at radius 2 is 1.92 bits per heavy atom. The third-order valence-electron chi connectivity index (χ3n) is 4.68. The summed E-state index contributed by atoms with van der Waals surface area (Å²) in [7, 11) is 3.90. The minimum absolute atomic E-state index is 0.664. The van der Waals surface area contributed by atoms with E-state index in [9.17, 15) is 0 Å². The van der Waals surface area contributed by atoms with Crippen LogP contribution in [0.2, 0.25) is 0 Å². The average Bonchev–Trinajstić information content (AvgIpc) is 2.87. The van der Waals surface area contributed by atoms with Crippen LogP contribution in [0.5, 0.6) is 5.75 Å². The van der Waals surface area contributed by atoms with Crippen molar-refractivity contribution < 1.29 is 4.74 Å². The van der Waals surface area contributed by atoms with Gasteiger partial charge >= 0.3 is 0 Å². The van der Waals surface area contributed by atoms with E-state index in [1.165, 1.54) is 38.2 Å². The summed E-state index contributed by atoms with van der Waals surface area (Å²) >= 11 is 0. The summed E-state index contributed by atoms with van der Waals surface area (Å²) in [6.45, 7) is 10.5. The minimum atomic E-state index is 0.664. The zero-order chi connectivity index (χ0) is 18.6. The molecule has 6 heteroatoms. The fraction of sp³-hybridized carbons (Fsp3) is 0.650.